The van der Waals surface area contributed by atoms with E-state index >= 15 is 0 Å². The first-order chi connectivity index (χ1) is 9.31. The molecule has 2 rings (SSSR count). The average Bonchev–Trinajstić information content (AvgIpc) is 2.88. The van der Waals surface area contributed by atoms with E-state index < -0.39 is 0 Å². The number of nitrogens with zero attached hydrogens (tertiary/aromatic N) is 1. The van der Waals surface area contributed by atoms with Crippen LogP contribution in [0.15, 0.2) is 34.9 Å². The maximum atomic E-state index is 13.6. The quantitative estimate of drug-likeness (QED) is 0.779. The Hall–Kier alpha value is -1.72. The molecule has 1 N–H and O–H groups in total. The molecule has 5 heteroatoms. The van der Waals surface area contributed by atoms with Crippen molar-refractivity contribution in [1.82, 2.24) is 10.3 Å². The number of rotatable bonds is 7. The minimum absolute atomic E-state index is 0.302. The van der Waals surface area contributed by atoms with Crippen LogP contribution in [0.2, 0.25) is 0 Å². The average molecular weight is 264 g/mol. The molecule has 2 aromatic rings. The summed E-state index contributed by atoms with van der Waals surface area (Å²) in [5.41, 5.74) is 0.439. The van der Waals surface area contributed by atoms with E-state index in [9.17, 15) is 4.39 Å². The van der Waals surface area contributed by atoms with Crippen molar-refractivity contribution in [3.05, 3.63) is 42.2 Å². The Morgan fingerprint density at radius 2 is 2.16 bits per heavy atom. The van der Waals surface area contributed by atoms with E-state index in [1.807, 2.05) is 0 Å². The Labute approximate surface area is 111 Å². The molecule has 0 saturated carbocycles. The third-order valence-electron chi connectivity index (χ3n) is 2.69. The van der Waals surface area contributed by atoms with Gasteiger partial charge in [-0.25, -0.2) is 9.37 Å². The van der Waals surface area contributed by atoms with Gasteiger partial charge in [0, 0.05) is 26.6 Å². The van der Waals surface area contributed by atoms with Crippen molar-refractivity contribution >= 4 is 0 Å². The van der Waals surface area contributed by atoms with Crippen LogP contribution in [0, 0.1) is 5.82 Å². The van der Waals surface area contributed by atoms with Crippen molar-refractivity contribution in [2.24, 2.45) is 0 Å². The lowest BCUT2D eigenvalue weighted by Gasteiger charge is -2.01. The molecule has 19 heavy (non-hydrogen) atoms. The summed E-state index contributed by atoms with van der Waals surface area (Å²) in [4.78, 5) is 4.15. The molecule has 0 saturated heterocycles. The van der Waals surface area contributed by atoms with E-state index in [4.69, 9.17) is 9.15 Å². The van der Waals surface area contributed by atoms with Crippen LogP contribution in [0.5, 0.6) is 0 Å². The Bertz CT molecular complexity index is 514. The van der Waals surface area contributed by atoms with Crippen LogP contribution in [0.4, 0.5) is 4.39 Å². The largest absolute Gasteiger partial charge is 0.441 e. The van der Waals surface area contributed by atoms with Crippen LogP contribution in [-0.4, -0.2) is 31.8 Å². The fraction of sp³-hybridized carbons (Fsp3) is 0.357. The number of aromatic nitrogens is 1. The van der Waals surface area contributed by atoms with Gasteiger partial charge in [0.05, 0.1) is 18.4 Å². The van der Waals surface area contributed by atoms with Gasteiger partial charge in [0.15, 0.2) is 11.7 Å². The molecule has 0 spiro atoms. The second-order valence-corrected chi connectivity index (χ2v) is 4.09. The third kappa shape index (κ3) is 3.87. The summed E-state index contributed by atoms with van der Waals surface area (Å²) in [6.07, 6.45) is 2.22. The molecule has 0 aliphatic carbocycles. The summed E-state index contributed by atoms with van der Waals surface area (Å²) in [7, 11) is 1.66. The first-order valence-corrected chi connectivity index (χ1v) is 6.20. The predicted octanol–water partition coefficient (Wildman–Crippen LogP) is 2.26. The van der Waals surface area contributed by atoms with Gasteiger partial charge in [-0.2, -0.15) is 0 Å². The normalized spacial score (nSPS) is 10.8. The van der Waals surface area contributed by atoms with Crippen LogP contribution >= 0.6 is 0 Å². The number of benzene rings is 1. The van der Waals surface area contributed by atoms with Gasteiger partial charge in [0.2, 0.25) is 0 Å². The smallest absolute Gasteiger partial charge is 0.196 e. The zero-order valence-electron chi connectivity index (χ0n) is 10.9. The highest BCUT2D eigenvalue weighted by atomic mass is 19.1. The van der Waals surface area contributed by atoms with Crippen molar-refractivity contribution in [3.8, 4) is 11.3 Å². The van der Waals surface area contributed by atoms with E-state index in [-0.39, 0.29) is 5.82 Å². The molecule has 0 fully saturated rings. The van der Waals surface area contributed by atoms with E-state index in [1.165, 1.54) is 6.07 Å². The highest BCUT2D eigenvalue weighted by Crippen LogP contribution is 2.23. The van der Waals surface area contributed by atoms with Gasteiger partial charge in [0.25, 0.3) is 0 Å². The number of halogens is 1. The minimum atomic E-state index is -0.302. The third-order valence-corrected chi connectivity index (χ3v) is 2.69. The number of hydrogen-bond acceptors (Lipinski definition) is 4. The molecule has 0 aliphatic rings. The van der Waals surface area contributed by atoms with Crippen LogP contribution in [-0.2, 0) is 11.2 Å². The predicted molar refractivity (Wildman–Crippen MR) is 70.3 cm³/mol. The van der Waals surface area contributed by atoms with Crippen molar-refractivity contribution in [1.29, 1.82) is 0 Å². The Balaban J connectivity index is 1.91. The monoisotopic (exact) mass is 264 g/mol. The fourth-order valence-electron chi connectivity index (χ4n) is 1.71. The van der Waals surface area contributed by atoms with Gasteiger partial charge in [-0.3, -0.25) is 0 Å². The van der Waals surface area contributed by atoms with E-state index in [2.05, 4.69) is 10.3 Å². The van der Waals surface area contributed by atoms with Crippen molar-refractivity contribution in [2.45, 2.75) is 6.42 Å². The minimum Gasteiger partial charge on any atom is -0.441 e. The number of ether oxygens (including phenoxy) is 1. The number of nitrogens with one attached hydrogen (secondary N) is 1. The molecule has 4 nitrogen and oxygen atoms in total. The van der Waals surface area contributed by atoms with Crippen molar-refractivity contribution in [3.63, 3.8) is 0 Å². The standard InChI is InChI=1S/C14H17FN2O2/c1-18-9-8-16-7-6-14-17-10-13(19-14)11-4-2-3-5-12(11)15/h2-5,10,16H,6-9H2,1H3. The van der Waals surface area contributed by atoms with Crippen LogP contribution in [0.25, 0.3) is 11.3 Å². The highest BCUT2D eigenvalue weighted by molar-refractivity contribution is 5.56. The second kappa shape index (κ2) is 7.01. The number of hydrogen-bond donors (Lipinski definition) is 1. The van der Waals surface area contributed by atoms with E-state index in [0.717, 1.165) is 13.1 Å². The number of oxazole rings is 1. The van der Waals surface area contributed by atoms with Crippen LogP contribution in [0.3, 0.4) is 0 Å². The fourth-order valence-corrected chi connectivity index (χ4v) is 1.71. The zero-order valence-corrected chi connectivity index (χ0v) is 10.9. The molecular weight excluding hydrogens is 247 g/mol. The van der Waals surface area contributed by atoms with E-state index in [0.29, 0.717) is 30.2 Å². The molecule has 1 aromatic heterocycles. The van der Waals surface area contributed by atoms with Crippen LogP contribution < -0.4 is 5.32 Å². The van der Waals surface area contributed by atoms with Gasteiger partial charge in [0.1, 0.15) is 5.82 Å². The SMILES string of the molecule is COCCNCCc1ncc(-c2ccccc2F)o1. The molecular formula is C14H17FN2O2. The zero-order chi connectivity index (χ0) is 13.5. The van der Waals surface area contributed by atoms with Gasteiger partial charge in [-0.15, -0.1) is 0 Å². The molecule has 102 valence electrons. The first-order valence-electron chi connectivity index (χ1n) is 6.20. The highest BCUT2D eigenvalue weighted by Gasteiger charge is 2.09. The molecule has 0 amide bonds. The molecule has 0 atom stereocenters. The summed E-state index contributed by atoms with van der Waals surface area (Å²) in [6.45, 7) is 2.21. The van der Waals surface area contributed by atoms with E-state index in [1.54, 1.807) is 31.5 Å². The van der Waals surface area contributed by atoms with Gasteiger partial charge in [-0.05, 0) is 12.1 Å². The Morgan fingerprint density at radius 3 is 2.95 bits per heavy atom. The van der Waals surface area contributed by atoms with Crippen LogP contribution in [0.1, 0.15) is 5.89 Å². The van der Waals surface area contributed by atoms with Gasteiger partial charge < -0.3 is 14.5 Å². The van der Waals surface area contributed by atoms with Crippen molar-refractivity contribution < 1.29 is 13.5 Å². The Kier molecular flexibility index (Phi) is 5.06. The lowest BCUT2D eigenvalue weighted by atomic mass is 10.2. The maximum absolute atomic E-state index is 13.6. The second-order valence-electron chi connectivity index (χ2n) is 4.09. The molecule has 0 unspecified atom stereocenters. The topological polar surface area (TPSA) is 47.3 Å². The summed E-state index contributed by atoms with van der Waals surface area (Å²) in [5, 5.41) is 3.20. The molecule has 1 aromatic carbocycles. The lowest BCUT2D eigenvalue weighted by molar-refractivity contribution is 0.199. The Morgan fingerprint density at radius 1 is 1.32 bits per heavy atom. The molecule has 0 bridgehead atoms. The van der Waals surface area contributed by atoms with Gasteiger partial charge >= 0.3 is 0 Å². The summed E-state index contributed by atoms with van der Waals surface area (Å²) in [5.74, 6) is 0.761. The number of methoxy groups -OCH3 is 1. The van der Waals surface area contributed by atoms with Gasteiger partial charge in [-0.1, -0.05) is 12.1 Å². The summed E-state index contributed by atoms with van der Waals surface area (Å²) in [6, 6.07) is 6.50. The molecule has 1 heterocycles. The summed E-state index contributed by atoms with van der Waals surface area (Å²) >= 11 is 0. The maximum Gasteiger partial charge on any atom is 0.196 e. The van der Waals surface area contributed by atoms with Crippen molar-refractivity contribution in [2.75, 3.05) is 26.8 Å². The summed E-state index contributed by atoms with van der Waals surface area (Å²) < 4.78 is 24.0. The first kappa shape index (κ1) is 13.7. The lowest BCUT2D eigenvalue weighted by Crippen LogP contribution is -2.21. The molecule has 0 radical (unpaired) electrons. The molecule has 0 aliphatic heterocycles.